The van der Waals surface area contributed by atoms with Gasteiger partial charge in [0.2, 0.25) is 5.66 Å². The quantitative estimate of drug-likeness (QED) is 0.830. The van der Waals surface area contributed by atoms with Crippen LogP contribution in [0, 0.1) is 0 Å². The Hall–Kier alpha value is -2.70. The lowest BCUT2D eigenvalue weighted by Gasteiger charge is -2.38. The number of ether oxygens (including phenoxy) is 1. The van der Waals surface area contributed by atoms with Crippen molar-refractivity contribution < 1.29 is 22.7 Å². The Labute approximate surface area is 136 Å². The zero-order chi connectivity index (χ0) is 17.5. The summed E-state index contributed by atoms with van der Waals surface area (Å²) in [5.41, 5.74) is -1.13. The largest absolute Gasteiger partial charge is 0.465 e. The zero-order valence-electron chi connectivity index (χ0n) is 13.0. The SMILES string of the molecule is COC(=O)c1cccc(N2c3ccccc3NC2(C)C(F)(F)F)c1. The maximum absolute atomic E-state index is 13.8. The average Bonchev–Trinajstić information content (AvgIpc) is 2.87. The molecule has 1 unspecified atom stereocenters. The molecular weight excluding hydrogens is 321 g/mol. The lowest BCUT2D eigenvalue weighted by Crippen LogP contribution is -2.57. The highest BCUT2D eigenvalue weighted by molar-refractivity contribution is 5.92. The standard InChI is InChI=1S/C17H15F3N2O2/c1-16(17(18,19)20)21-13-8-3-4-9-14(13)22(16)12-7-5-6-11(10-12)15(23)24-2/h3-10,21H,1-2H3. The number of hydrogen-bond acceptors (Lipinski definition) is 4. The van der Waals surface area contributed by atoms with Gasteiger partial charge in [-0.1, -0.05) is 18.2 Å². The number of nitrogens with zero attached hydrogens (tertiary/aromatic N) is 1. The molecule has 4 nitrogen and oxygen atoms in total. The summed E-state index contributed by atoms with van der Waals surface area (Å²) in [6, 6.07) is 12.5. The average molecular weight is 336 g/mol. The number of methoxy groups -OCH3 is 1. The molecule has 126 valence electrons. The van der Waals surface area contributed by atoms with E-state index in [0.717, 1.165) is 11.8 Å². The van der Waals surface area contributed by atoms with Gasteiger partial charge in [-0.2, -0.15) is 13.2 Å². The van der Waals surface area contributed by atoms with Crippen LogP contribution in [-0.4, -0.2) is 24.9 Å². The van der Waals surface area contributed by atoms with E-state index in [0.29, 0.717) is 11.4 Å². The molecular formula is C17H15F3N2O2. The van der Waals surface area contributed by atoms with Crippen LogP contribution in [0.25, 0.3) is 0 Å². The molecule has 3 rings (SSSR count). The molecule has 1 N–H and O–H groups in total. The van der Waals surface area contributed by atoms with Crippen molar-refractivity contribution in [1.82, 2.24) is 0 Å². The van der Waals surface area contributed by atoms with Gasteiger partial charge in [-0.25, -0.2) is 4.79 Å². The van der Waals surface area contributed by atoms with Gasteiger partial charge >= 0.3 is 12.1 Å². The third-order valence-corrected chi connectivity index (χ3v) is 4.05. The molecule has 24 heavy (non-hydrogen) atoms. The van der Waals surface area contributed by atoms with E-state index in [1.165, 1.54) is 31.4 Å². The molecule has 0 amide bonds. The Bertz CT molecular complexity index is 791. The third kappa shape index (κ3) is 2.36. The first kappa shape index (κ1) is 16.2. The molecule has 0 radical (unpaired) electrons. The van der Waals surface area contributed by atoms with Crippen LogP contribution in [0.5, 0.6) is 0 Å². The number of alkyl halides is 3. The molecule has 7 heteroatoms. The molecule has 0 aromatic heterocycles. The number of para-hydroxylation sites is 2. The minimum absolute atomic E-state index is 0.184. The maximum atomic E-state index is 13.8. The molecule has 0 aliphatic carbocycles. The van der Waals surface area contributed by atoms with Gasteiger partial charge in [0.25, 0.3) is 0 Å². The van der Waals surface area contributed by atoms with Gasteiger partial charge in [0.15, 0.2) is 0 Å². The van der Waals surface area contributed by atoms with Crippen LogP contribution in [0.2, 0.25) is 0 Å². The fourth-order valence-corrected chi connectivity index (χ4v) is 2.82. The molecule has 0 saturated heterocycles. The summed E-state index contributed by atoms with van der Waals surface area (Å²) in [5.74, 6) is -0.606. The number of esters is 1. The van der Waals surface area contributed by atoms with Gasteiger partial charge in [0.1, 0.15) is 0 Å². The van der Waals surface area contributed by atoms with E-state index in [9.17, 15) is 18.0 Å². The van der Waals surface area contributed by atoms with Gasteiger partial charge in [-0.15, -0.1) is 0 Å². The molecule has 1 aliphatic heterocycles. The number of anilines is 3. The van der Waals surface area contributed by atoms with E-state index in [1.807, 2.05) is 0 Å². The van der Waals surface area contributed by atoms with Gasteiger partial charge < -0.3 is 15.0 Å². The van der Waals surface area contributed by atoms with Crippen LogP contribution in [0.4, 0.5) is 30.2 Å². The number of nitrogens with one attached hydrogen (secondary N) is 1. The van der Waals surface area contributed by atoms with Crippen LogP contribution >= 0.6 is 0 Å². The van der Waals surface area contributed by atoms with E-state index < -0.39 is 17.8 Å². The van der Waals surface area contributed by atoms with Crippen molar-refractivity contribution in [3.63, 3.8) is 0 Å². The van der Waals surface area contributed by atoms with E-state index >= 15 is 0 Å². The maximum Gasteiger partial charge on any atom is 0.430 e. The number of rotatable bonds is 2. The van der Waals surface area contributed by atoms with E-state index in [4.69, 9.17) is 0 Å². The predicted octanol–water partition coefficient (Wildman–Crippen LogP) is 4.32. The van der Waals surface area contributed by atoms with Crippen molar-refractivity contribution in [2.24, 2.45) is 0 Å². The van der Waals surface area contributed by atoms with E-state index in [1.54, 1.807) is 24.3 Å². The number of benzene rings is 2. The smallest absolute Gasteiger partial charge is 0.430 e. The molecule has 2 aromatic carbocycles. The minimum Gasteiger partial charge on any atom is -0.465 e. The van der Waals surface area contributed by atoms with Crippen LogP contribution in [0.1, 0.15) is 17.3 Å². The Morgan fingerprint density at radius 3 is 2.54 bits per heavy atom. The van der Waals surface area contributed by atoms with Crippen molar-refractivity contribution in [2.75, 3.05) is 17.3 Å². The van der Waals surface area contributed by atoms with E-state index in [2.05, 4.69) is 10.1 Å². The topological polar surface area (TPSA) is 41.6 Å². The highest BCUT2D eigenvalue weighted by Crippen LogP contribution is 2.50. The summed E-state index contributed by atoms with van der Waals surface area (Å²) in [5, 5.41) is 2.55. The third-order valence-electron chi connectivity index (χ3n) is 4.05. The second-order valence-electron chi connectivity index (χ2n) is 5.59. The molecule has 0 bridgehead atoms. The summed E-state index contributed by atoms with van der Waals surface area (Å²) in [4.78, 5) is 12.9. The second-order valence-corrected chi connectivity index (χ2v) is 5.59. The normalized spacial score (nSPS) is 19.6. The molecule has 1 heterocycles. The Kier molecular flexibility index (Phi) is 3.66. The van der Waals surface area contributed by atoms with Crippen molar-refractivity contribution >= 4 is 23.0 Å². The molecule has 0 spiro atoms. The van der Waals surface area contributed by atoms with Crippen LogP contribution in [-0.2, 0) is 4.74 Å². The van der Waals surface area contributed by atoms with Crippen molar-refractivity contribution in [1.29, 1.82) is 0 Å². The number of carbonyl (C=O) groups excluding carboxylic acids is 1. The number of hydrogen-bond donors (Lipinski definition) is 1. The lowest BCUT2D eigenvalue weighted by molar-refractivity contribution is -0.170. The summed E-state index contributed by atoms with van der Waals surface area (Å²) in [6.45, 7) is 1.07. The fourth-order valence-electron chi connectivity index (χ4n) is 2.82. The second kappa shape index (κ2) is 5.43. The van der Waals surface area contributed by atoms with Crippen LogP contribution in [0.15, 0.2) is 48.5 Å². The first-order valence-electron chi connectivity index (χ1n) is 7.20. The number of fused-ring (bicyclic) bond motifs is 1. The Morgan fingerprint density at radius 2 is 1.88 bits per heavy atom. The molecule has 0 saturated carbocycles. The van der Waals surface area contributed by atoms with Crippen molar-refractivity contribution in [3.8, 4) is 0 Å². The van der Waals surface area contributed by atoms with Gasteiger partial charge in [0, 0.05) is 5.69 Å². The van der Waals surface area contributed by atoms with E-state index in [-0.39, 0.29) is 11.3 Å². The predicted molar refractivity (Wildman–Crippen MR) is 84.4 cm³/mol. The van der Waals surface area contributed by atoms with Crippen LogP contribution in [0.3, 0.4) is 0 Å². The lowest BCUT2D eigenvalue weighted by atomic mass is 10.1. The van der Waals surface area contributed by atoms with Gasteiger partial charge in [-0.3, -0.25) is 0 Å². The molecule has 1 aliphatic rings. The Morgan fingerprint density at radius 1 is 1.17 bits per heavy atom. The van der Waals surface area contributed by atoms with Gasteiger partial charge in [0.05, 0.1) is 24.0 Å². The first-order valence-corrected chi connectivity index (χ1v) is 7.20. The highest BCUT2D eigenvalue weighted by Gasteiger charge is 2.59. The number of carbonyl (C=O) groups is 1. The summed E-state index contributed by atoms with van der Waals surface area (Å²) < 4.78 is 46.0. The zero-order valence-corrected chi connectivity index (χ0v) is 13.0. The van der Waals surface area contributed by atoms with Crippen molar-refractivity contribution in [2.45, 2.75) is 18.8 Å². The fraction of sp³-hybridized carbons (Fsp3) is 0.235. The monoisotopic (exact) mass is 336 g/mol. The molecule has 1 atom stereocenters. The van der Waals surface area contributed by atoms with Gasteiger partial charge in [-0.05, 0) is 37.3 Å². The summed E-state index contributed by atoms with van der Waals surface area (Å²) in [6.07, 6.45) is -4.55. The molecule has 0 fully saturated rings. The first-order chi connectivity index (χ1) is 11.3. The van der Waals surface area contributed by atoms with Crippen LogP contribution < -0.4 is 10.2 Å². The minimum atomic E-state index is -4.55. The Balaban J connectivity index is 2.17. The highest BCUT2D eigenvalue weighted by atomic mass is 19.4. The summed E-state index contributed by atoms with van der Waals surface area (Å²) in [7, 11) is 1.22. The summed E-state index contributed by atoms with van der Waals surface area (Å²) >= 11 is 0. The van der Waals surface area contributed by atoms with Crippen molar-refractivity contribution in [3.05, 3.63) is 54.1 Å². The number of halogens is 3. The molecule has 2 aromatic rings.